The van der Waals surface area contributed by atoms with Gasteiger partial charge in [-0.05, 0) is 113 Å². The molecule has 2 heteroatoms. The molecule has 0 radical (unpaired) electrons. The molecule has 0 N–H and O–H groups in total. The van der Waals surface area contributed by atoms with Gasteiger partial charge >= 0.3 is 0 Å². The second kappa shape index (κ2) is 18.4. The van der Waals surface area contributed by atoms with Gasteiger partial charge in [-0.2, -0.15) is 0 Å². The van der Waals surface area contributed by atoms with Crippen molar-refractivity contribution in [3.8, 4) is 11.1 Å². The lowest BCUT2D eigenvalue weighted by Gasteiger charge is -2.30. The highest BCUT2D eigenvalue weighted by Crippen LogP contribution is 2.38. The standard InChI is InChI=1S/C54H47NO/c1-4-7-9-11-15-41-19-21-43(22-20-41)46-27-33-49(34-28-46)55(50-35-29-47(30-36-50)45-25-23-44(24-26-45)42-16-12-10-13-17-42)51-37-31-48(32-38-51)53(14-6-3)54-40-39-52(56-54)18-8-5-2/h4-19,21-29,31-35,37-41H,1-3,20,30,36H2/b9-7-,15-11+,18-8-,53-14-. The van der Waals surface area contributed by atoms with Gasteiger partial charge < -0.3 is 9.32 Å². The van der Waals surface area contributed by atoms with Crippen molar-refractivity contribution < 1.29 is 4.42 Å². The third-order valence-corrected chi connectivity index (χ3v) is 10.1. The Balaban J connectivity index is 1.18. The van der Waals surface area contributed by atoms with E-state index >= 15 is 0 Å². The Morgan fingerprint density at radius 1 is 0.625 bits per heavy atom. The van der Waals surface area contributed by atoms with Crippen molar-refractivity contribution in [2.24, 2.45) is 5.92 Å². The molecule has 1 heterocycles. The van der Waals surface area contributed by atoms with Crippen molar-refractivity contribution in [3.05, 3.63) is 254 Å². The van der Waals surface area contributed by atoms with Gasteiger partial charge in [-0.15, -0.1) is 0 Å². The molecule has 2 nitrogen and oxygen atoms in total. The van der Waals surface area contributed by atoms with E-state index in [0.717, 1.165) is 53.3 Å². The summed E-state index contributed by atoms with van der Waals surface area (Å²) in [5.41, 5.74) is 13.0. The summed E-state index contributed by atoms with van der Waals surface area (Å²) in [6, 6.07) is 41.2. The zero-order valence-corrected chi connectivity index (χ0v) is 31.8. The van der Waals surface area contributed by atoms with E-state index in [1.54, 1.807) is 18.2 Å². The molecule has 2 aliphatic carbocycles. The van der Waals surface area contributed by atoms with Gasteiger partial charge in [0.25, 0.3) is 0 Å². The summed E-state index contributed by atoms with van der Waals surface area (Å²) in [6.45, 7) is 11.5. The van der Waals surface area contributed by atoms with Crippen LogP contribution in [0.25, 0.3) is 33.9 Å². The molecule has 1 unspecified atom stereocenters. The van der Waals surface area contributed by atoms with Gasteiger partial charge in [-0.3, -0.25) is 0 Å². The normalized spacial score (nSPS) is 15.8. The first-order valence-corrected chi connectivity index (χ1v) is 19.3. The van der Waals surface area contributed by atoms with Crippen LogP contribution in [0, 0.1) is 5.92 Å². The van der Waals surface area contributed by atoms with Crippen molar-refractivity contribution in [1.82, 2.24) is 0 Å². The topological polar surface area (TPSA) is 16.4 Å². The highest BCUT2D eigenvalue weighted by atomic mass is 16.3. The number of nitrogens with zero attached hydrogens (tertiary/aromatic N) is 1. The summed E-state index contributed by atoms with van der Waals surface area (Å²) in [5, 5.41) is 0. The molecule has 0 fully saturated rings. The first kappa shape index (κ1) is 37.4. The van der Waals surface area contributed by atoms with Crippen LogP contribution < -0.4 is 4.90 Å². The van der Waals surface area contributed by atoms with Crippen LogP contribution in [0.5, 0.6) is 0 Å². The molecule has 0 bridgehead atoms. The number of benzene rings is 4. The second-order valence-corrected chi connectivity index (χ2v) is 13.8. The highest BCUT2D eigenvalue weighted by molar-refractivity contribution is 5.82. The van der Waals surface area contributed by atoms with Crippen LogP contribution in [-0.4, -0.2) is 0 Å². The van der Waals surface area contributed by atoms with E-state index in [1.165, 1.54) is 39.1 Å². The fourth-order valence-corrected chi connectivity index (χ4v) is 7.17. The van der Waals surface area contributed by atoms with Crippen molar-refractivity contribution in [2.75, 3.05) is 4.90 Å². The molecule has 0 aliphatic heterocycles. The molecule has 0 saturated heterocycles. The monoisotopic (exact) mass is 725 g/mol. The summed E-state index contributed by atoms with van der Waals surface area (Å²) in [6.07, 6.45) is 33.7. The predicted molar refractivity (Wildman–Crippen MR) is 241 cm³/mol. The van der Waals surface area contributed by atoms with Crippen LogP contribution in [-0.2, 0) is 0 Å². The molecule has 2 aliphatic rings. The molecule has 7 rings (SSSR count). The minimum absolute atomic E-state index is 0.398. The number of hydrogen-bond donors (Lipinski definition) is 0. The van der Waals surface area contributed by atoms with Crippen LogP contribution in [0.2, 0.25) is 0 Å². The molecule has 5 aromatic rings. The number of hydrogen-bond acceptors (Lipinski definition) is 2. The van der Waals surface area contributed by atoms with Crippen molar-refractivity contribution in [2.45, 2.75) is 19.3 Å². The van der Waals surface area contributed by atoms with Gasteiger partial charge in [0, 0.05) is 22.6 Å². The molecule has 56 heavy (non-hydrogen) atoms. The zero-order valence-electron chi connectivity index (χ0n) is 31.8. The largest absolute Gasteiger partial charge is 0.457 e. The predicted octanol–water partition coefficient (Wildman–Crippen LogP) is 14.9. The van der Waals surface area contributed by atoms with Gasteiger partial charge in [-0.1, -0.05) is 178 Å². The molecular formula is C54H47NO. The van der Waals surface area contributed by atoms with E-state index in [1.807, 2.05) is 42.5 Å². The van der Waals surface area contributed by atoms with Crippen LogP contribution in [0.1, 0.15) is 47.5 Å². The summed E-state index contributed by atoms with van der Waals surface area (Å²) in [7, 11) is 0. The van der Waals surface area contributed by atoms with Crippen LogP contribution in [0.4, 0.5) is 11.4 Å². The second-order valence-electron chi connectivity index (χ2n) is 13.8. The molecule has 0 saturated carbocycles. The lowest BCUT2D eigenvalue weighted by atomic mass is 9.92. The maximum Gasteiger partial charge on any atom is 0.135 e. The molecule has 1 aromatic heterocycles. The van der Waals surface area contributed by atoms with E-state index in [0.29, 0.717) is 5.92 Å². The maximum absolute atomic E-state index is 6.17. The SMILES string of the molecule is C=C/C=C\C=C\C1C=CC(c2ccc(N(C3=CC=C(c4ccc(-c5ccccc5)cc4)CC3)c3ccc(/C(=C/C=C)c4ccc(/C=C\C=C)o4)cc3)cc2)=CC1. The van der Waals surface area contributed by atoms with Crippen LogP contribution >= 0.6 is 0 Å². The maximum atomic E-state index is 6.17. The quantitative estimate of drug-likeness (QED) is 0.106. The van der Waals surface area contributed by atoms with Gasteiger partial charge in [-0.25, -0.2) is 0 Å². The minimum Gasteiger partial charge on any atom is -0.457 e. The first-order valence-electron chi connectivity index (χ1n) is 19.3. The Morgan fingerprint density at radius 3 is 1.98 bits per heavy atom. The molecule has 274 valence electrons. The first-order chi connectivity index (χ1) is 27.6. The molecule has 4 aromatic carbocycles. The number of rotatable bonds is 14. The average Bonchev–Trinajstić information content (AvgIpc) is 3.74. The molecular weight excluding hydrogens is 679 g/mol. The third-order valence-electron chi connectivity index (χ3n) is 10.1. The van der Waals surface area contributed by atoms with E-state index in [9.17, 15) is 0 Å². The number of anilines is 2. The molecule has 0 amide bonds. The molecule has 1 atom stereocenters. The zero-order chi connectivity index (χ0) is 38.5. The summed E-state index contributed by atoms with van der Waals surface area (Å²) in [4.78, 5) is 2.39. The van der Waals surface area contributed by atoms with Crippen LogP contribution in [0.15, 0.2) is 230 Å². The lowest BCUT2D eigenvalue weighted by molar-refractivity contribution is 0.544. The smallest absolute Gasteiger partial charge is 0.135 e. The number of furan rings is 1. The summed E-state index contributed by atoms with van der Waals surface area (Å²) < 4.78 is 6.17. The fraction of sp³-hybridized carbons (Fsp3) is 0.0741. The van der Waals surface area contributed by atoms with Crippen LogP contribution in [0.3, 0.4) is 0 Å². The minimum atomic E-state index is 0.398. The average molecular weight is 726 g/mol. The highest BCUT2D eigenvalue weighted by Gasteiger charge is 2.20. The third kappa shape index (κ3) is 9.06. The van der Waals surface area contributed by atoms with Crippen molar-refractivity contribution in [3.63, 3.8) is 0 Å². The van der Waals surface area contributed by atoms with E-state index in [2.05, 4.69) is 170 Å². The Bertz CT molecular complexity index is 2400. The van der Waals surface area contributed by atoms with Gasteiger partial charge in [0.2, 0.25) is 0 Å². The van der Waals surface area contributed by atoms with Crippen molar-refractivity contribution in [1.29, 1.82) is 0 Å². The number of allylic oxidation sites excluding steroid dienone is 17. The Hall–Kier alpha value is -6.90. The van der Waals surface area contributed by atoms with Gasteiger partial charge in [0.15, 0.2) is 0 Å². The summed E-state index contributed by atoms with van der Waals surface area (Å²) >= 11 is 0. The molecule has 0 spiro atoms. The fourth-order valence-electron chi connectivity index (χ4n) is 7.17. The Kier molecular flexibility index (Phi) is 12.3. The Labute approximate surface area is 332 Å². The summed E-state index contributed by atoms with van der Waals surface area (Å²) in [5.74, 6) is 1.96. The lowest BCUT2D eigenvalue weighted by Crippen LogP contribution is -2.18. The van der Waals surface area contributed by atoms with E-state index < -0.39 is 0 Å². The van der Waals surface area contributed by atoms with E-state index in [-0.39, 0.29) is 0 Å². The van der Waals surface area contributed by atoms with E-state index in [4.69, 9.17) is 4.42 Å². The van der Waals surface area contributed by atoms with Gasteiger partial charge in [0.05, 0.1) is 0 Å². The Morgan fingerprint density at radius 2 is 1.32 bits per heavy atom. The van der Waals surface area contributed by atoms with Gasteiger partial charge in [0.1, 0.15) is 11.5 Å². The van der Waals surface area contributed by atoms with Crippen molar-refractivity contribution >= 4 is 34.2 Å².